The van der Waals surface area contributed by atoms with Gasteiger partial charge in [0.05, 0.1) is 0 Å². The highest BCUT2D eigenvalue weighted by Crippen LogP contribution is 2.25. The van der Waals surface area contributed by atoms with Crippen molar-refractivity contribution in [2.24, 2.45) is 0 Å². The lowest BCUT2D eigenvalue weighted by molar-refractivity contribution is 0.0974. The average molecular weight is 387 g/mol. The molecule has 154 valence electrons. The minimum atomic E-state index is -0.388. The van der Waals surface area contributed by atoms with Crippen LogP contribution in [0.1, 0.15) is 101 Å². The van der Waals surface area contributed by atoms with Crippen molar-refractivity contribution in [2.75, 3.05) is 0 Å². The van der Waals surface area contributed by atoms with Crippen molar-refractivity contribution >= 4 is 16.8 Å². The molecule has 1 aromatic heterocycles. The standard InChI is InChI=1S/C24H34O4/c1-3-5-7-9-11-14-18(25)22-20(16-12-10-8-6-4-2)28-21-17-13-15-19(26)23(21)24(22)27/h13,15,17,26H,3-12,14,16H2,1-2H3. The number of Topliss-reactive ketones (excluding diaryl/α,β-unsaturated/α-hetero) is 1. The van der Waals surface area contributed by atoms with Crippen LogP contribution >= 0.6 is 0 Å². The van der Waals surface area contributed by atoms with Gasteiger partial charge in [-0.15, -0.1) is 0 Å². The van der Waals surface area contributed by atoms with Crippen molar-refractivity contribution in [1.29, 1.82) is 0 Å². The number of ketones is 1. The van der Waals surface area contributed by atoms with E-state index in [1.165, 1.54) is 25.3 Å². The molecule has 0 radical (unpaired) electrons. The second-order valence-electron chi connectivity index (χ2n) is 7.63. The van der Waals surface area contributed by atoms with Crippen LogP contribution in [0.15, 0.2) is 27.4 Å². The van der Waals surface area contributed by atoms with Crippen LogP contribution in [0.5, 0.6) is 5.75 Å². The maximum Gasteiger partial charge on any atom is 0.207 e. The summed E-state index contributed by atoms with van der Waals surface area (Å²) >= 11 is 0. The quantitative estimate of drug-likeness (QED) is 0.313. The summed E-state index contributed by atoms with van der Waals surface area (Å²) in [6.45, 7) is 4.33. The van der Waals surface area contributed by atoms with Crippen molar-refractivity contribution in [3.05, 3.63) is 39.7 Å². The number of rotatable bonds is 13. The summed E-state index contributed by atoms with van der Waals surface area (Å²) in [4.78, 5) is 25.9. The Bertz CT molecular complexity index is 819. The predicted octanol–water partition coefficient (Wildman–Crippen LogP) is 6.55. The molecule has 0 aliphatic carbocycles. The normalized spacial score (nSPS) is 11.2. The van der Waals surface area contributed by atoms with Gasteiger partial charge in [-0.05, 0) is 25.0 Å². The van der Waals surface area contributed by atoms with Gasteiger partial charge in [0.25, 0.3) is 0 Å². The lowest BCUT2D eigenvalue weighted by Crippen LogP contribution is -2.19. The molecule has 0 atom stereocenters. The summed E-state index contributed by atoms with van der Waals surface area (Å²) in [5.41, 5.74) is 0.120. The monoisotopic (exact) mass is 386 g/mol. The lowest BCUT2D eigenvalue weighted by Gasteiger charge is -2.10. The molecule has 28 heavy (non-hydrogen) atoms. The number of hydrogen-bond donors (Lipinski definition) is 1. The number of unbranched alkanes of at least 4 members (excludes halogenated alkanes) is 8. The lowest BCUT2D eigenvalue weighted by atomic mass is 9.98. The zero-order valence-electron chi connectivity index (χ0n) is 17.4. The summed E-state index contributed by atoms with van der Waals surface area (Å²) in [5.74, 6) is 0.204. The Hall–Kier alpha value is -2.10. The smallest absolute Gasteiger partial charge is 0.207 e. The number of phenols is 1. The molecule has 4 nitrogen and oxygen atoms in total. The first-order chi connectivity index (χ1) is 13.6. The number of carbonyl (C=O) groups excluding carboxylic acids is 1. The minimum Gasteiger partial charge on any atom is -0.507 e. The van der Waals surface area contributed by atoms with Crippen LogP contribution in [0, 0.1) is 0 Å². The van der Waals surface area contributed by atoms with Crippen LogP contribution in [-0.4, -0.2) is 10.9 Å². The van der Waals surface area contributed by atoms with Crippen LogP contribution in [0.25, 0.3) is 11.0 Å². The minimum absolute atomic E-state index is 0.117. The number of benzene rings is 1. The Morgan fingerprint density at radius 2 is 1.57 bits per heavy atom. The molecule has 0 saturated heterocycles. The van der Waals surface area contributed by atoms with Crippen LogP contribution < -0.4 is 5.43 Å². The molecule has 2 rings (SSSR count). The fraction of sp³-hybridized carbons (Fsp3) is 0.583. The molecule has 0 fully saturated rings. The Morgan fingerprint density at radius 1 is 0.929 bits per heavy atom. The third-order valence-electron chi connectivity index (χ3n) is 5.26. The molecule has 2 aromatic rings. The zero-order valence-corrected chi connectivity index (χ0v) is 17.4. The highest BCUT2D eigenvalue weighted by Gasteiger charge is 2.21. The number of aromatic hydroxyl groups is 1. The topological polar surface area (TPSA) is 67.5 Å². The van der Waals surface area contributed by atoms with Gasteiger partial charge in [0.2, 0.25) is 5.43 Å². The Labute approximate surface area is 168 Å². The highest BCUT2D eigenvalue weighted by atomic mass is 16.3. The second kappa shape index (κ2) is 11.7. The molecule has 0 aliphatic rings. The van der Waals surface area contributed by atoms with Gasteiger partial charge in [-0.3, -0.25) is 9.59 Å². The van der Waals surface area contributed by atoms with Crippen LogP contribution in [0.2, 0.25) is 0 Å². The highest BCUT2D eigenvalue weighted by molar-refractivity contribution is 6.00. The largest absolute Gasteiger partial charge is 0.507 e. The maximum atomic E-state index is 13.0. The fourth-order valence-corrected chi connectivity index (χ4v) is 3.63. The SMILES string of the molecule is CCCCCCCC(=O)c1c(CCCCCCC)oc2cccc(O)c2c1=O. The molecular weight excluding hydrogens is 352 g/mol. The van der Waals surface area contributed by atoms with Gasteiger partial charge < -0.3 is 9.52 Å². The Kier molecular flexibility index (Phi) is 9.26. The van der Waals surface area contributed by atoms with Crippen LogP contribution in [-0.2, 0) is 6.42 Å². The molecular formula is C24H34O4. The molecule has 0 amide bonds. The Morgan fingerprint density at radius 3 is 2.25 bits per heavy atom. The first-order valence-corrected chi connectivity index (χ1v) is 10.9. The van der Waals surface area contributed by atoms with E-state index in [9.17, 15) is 14.7 Å². The first kappa shape index (κ1) is 22.2. The Balaban J connectivity index is 2.24. The molecule has 1 heterocycles. The fourth-order valence-electron chi connectivity index (χ4n) is 3.63. The van der Waals surface area contributed by atoms with E-state index in [-0.39, 0.29) is 27.9 Å². The van der Waals surface area contributed by atoms with Gasteiger partial charge >= 0.3 is 0 Å². The number of fused-ring (bicyclic) bond motifs is 1. The molecule has 0 unspecified atom stereocenters. The van der Waals surface area contributed by atoms with E-state index in [2.05, 4.69) is 13.8 Å². The predicted molar refractivity (Wildman–Crippen MR) is 114 cm³/mol. The van der Waals surface area contributed by atoms with E-state index >= 15 is 0 Å². The number of phenolic OH excluding ortho intramolecular Hbond substituents is 1. The van der Waals surface area contributed by atoms with E-state index in [1.807, 2.05) is 0 Å². The molecule has 4 heteroatoms. The van der Waals surface area contributed by atoms with E-state index in [0.717, 1.165) is 44.9 Å². The number of aryl methyl sites for hydroxylation is 1. The zero-order chi connectivity index (χ0) is 20.4. The summed E-state index contributed by atoms with van der Waals surface area (Å²) < 4.78 is 5.95. The van der Waals surface area contributed by atoms with Crippen LogP contribution in [0.4, 0.5) is 0 Å². The van der Waals surface area contributed by atoms with Gasteiger partial charge in [0.1, 0.15) is 28.0 Å². The molecule has 0 saturated carbocycles. The maximum absolute atomic E-state index is 13.0. The molecule has 1 N–H and O–H groups in total. The van der Waals surface area contributed by atoms with Crippen molar-refractivity contribution in [1.82, 2.24) is 0 Å². The molecule has 0 bridgehead atoms. The van der Waals surface area contributed by atoms with E-state index in [0.29, 0.717) is 24.2 Å². The van der Waals surface area contributed by atoms with Crippen molar-refractivity contribution in [3.63, 3.8) is 0 Å². The molecule has 0 aliphatic heterocycles. The number of hydrogen-bond acceptors (Lipinski definition) is 4. The van der Waals surface area contributed by atoms with Crippen molar-refractivity contribution in [3.8, 4) is 5.75 Å². The molecule has 1 aromatic carbocycles. The van der Waals surface area contributed by atoms with Gasteiger partial charge in [0.15, 0.2) is 5.78 Å². The van der Waals surface area contributed by atoms with E-state index in [4.69, 9.17) is 4.42 Å². The van der Waals surface area contributed by atoms with E-state index < -0.39 is 0 Å². The third-order valence-corrected chi connectivity index (χ3v) is 5.26. The van der Waals surface area contributed by atoms with Crippen LogP contribution in [0.3, 0.4) is 0 Å². The second-order valence-corrected chi connectivity index (χ2v) is 7.63. The third kappa shape index (κ3) is 5.95. The van der Waals surface area contributed by atoms with E-state index in [1.54, 1.807) is 12.1 Å². The number of carbonyl (C=O) groups is 1. The summed E-state index contributed by atoms with van der Waals surface area (Å²) in [6.07, 6.45) is 11.6. The van der Waals surface area contributed by atoms with Gasteiger partial charge in [-0.2, -0.15) is 0 Å². The summed E-state index contributed by atoms with van der Waals surface area (Å²) in [7, 11) is 0. The van der Waals surface area contributed by atoms with Crippen molar-refractivity contribution < 1.29 is 14.3 Å². The average Bonchev–Trinajstić information content (AvgIpc) is 2.67. The first-order valence-electron chi connectivity index (χ1n) is 10.9. The summed E-state index contributed by atoms with van der Waals surface area (Å²) in [5, 5.41) is 10.2. The van der Waals surface area contributed by atoms with Crippen molar-refractivity contribution in [2.45, 2.75) is 90.9 Å². The van der Waals surface area contributed by atoms with Gasteiger partial charge in [-0.25, -0.2) is 0 Å². The summed E-state index contributed by atoms with van der Waals surface area (Å²) in [6, 6.07) is 4.79. The van der Waals surface area contributed by atoms with Gasteiger partial charge in [-0.1, -0.05) is 71.3 Å². The van der Waals surface area contributed by atoms with Gasteiger partial charge in [0, 0.05) is 12.8 Å². The molecule has 0 spiro atoms.